The zero-order chi connectivity index (χ0) is 15.6. The topological polar surface area (TPSA) is 52.5 Å². The molecule has 0 fully saturated rings. The average Bonchev–Trinajstić information content (AvgIpc) is 2.38. The van der Waals surface area contributed by atoms with E-state index >= 15 is 0 Å². The normalized spacial score (nSPS) is 11.4. The Kier molecular flexibility index (Phi) is 4.32. The Hall–Kier alpha value is -1.89. The Labute approximate surface area is 127 Å². The van der Waals surface area contributed by atoms with Gasteiger partial charge in [-0.05, 0) is 30.3 Å². The highest BCUT2D eigenvalue weighted by Gasteiger charge is 2.33. The summed E-state index contributed by atoms with van der Waals surface area (Å²) in [4.78, 5) is 0. The molecule has 0 spiro atoms. The number of hydrogen-bond donors (Lipinski definition) is 3. The maximum absolute atomic E-state index is 12.8. The number of halogens is 4. The van der Waals surface area contributed by atoms with Gasteiger partial charge in [0.15, 0.2) is 0 Å². The molecule has 21 heavy (non-hydrogen) atoms. The van der Waals surface area contributed by atoms with Crippen LogP contribution in [0.5, 0.6) is 11.5 Å². The highest BCUT2D eigenvalue weighted by molar-refractivity contribution is 9.10. The van der Waals surface area contributed by atoms with Crippen molar-refractivity contribution in [2.45, 2.75) is 12.7 Å². The van der Waals surface area contributed by atoms with Crippen LogP contribution in [-0.2, 0) is 12.7 Å². The van der Waals surface area contributed by atoms with Crippen molar-refractivity contribution in [2.75, 3.05) is 5.32 Å². The first-order chi connectivity index (χ1) is 9.77. The van der Waals surface area contributed by atoms with Gasteiger partial charge in [0.1, 0.15) is 11.5 Å². The Bertz CT molecular complexity index is 659. The van der Waals surface area contributed by atoms with Crippen LogP contribution in [0.25, 0.3) is 0 Å². The number of aromatic hydroxyl groups is 2. The van der Waals surface area contributed by atoms with Crippen LogP contribution < -0.4 is 5.32 Å². The van der Waals surface area contributed by atoms with Crippen LogP contribution in [0.15, 0.2) is 40.9 Å². The van der Waals surface area contributed by atoms with Crippen LogP contribution in [0, 0.1) is 0 Å². The molecular weight excluding hydrogens is 351 g/mol. The second kappa shape index (κ2) is 5.85. The minimum Gasteiger partial charge on any atom is -0.508 e. The fourth-order valence-electron chi connectivity index (χ4n) is 1.75. The van der Waals surface area contributed by atoms with Gasteiger partial charge in [0, 0.05) is 28.3 Å². The van der Waals surface area contributed by atoms with Crippen molar-refractivity contribution < 1.29 is 23.4 Å². The molecule has 112 valence electrons. The molecule has 3 N–H and O–H groups in total. The van der Waals surface area contributed by atoms with Crippen molar-refractivity contribution >= 4 is 21.6 Å². The number of phenolic OH excluding ortho intramolecular Hbond substituents is 2. The molecule has 0 aliphatic heterocycles. The van der Waals surface area contributed by atoms with Gasteiger partial charge >= 0.3 is 6.18 Å². The van der Waals surface area contributed by atoms with Crippen molar-refractivity contribution in [1.82, 2.24) is 0 Å². The SMILES string of the molecule is Oc1ccc(CNc2ccc(Br)c(C(F)(F)F)c2)c(O)c1. The molecule has 3 nitrogen and oxygen atoms in total. The van der Waals surface area contributed by atoms with Gasteiger partial charge in [-0.25, -0.2) is 0 Å². The Morgan fingerprint density at radius 3 is 2.38 bits per heavy atom. The molecule has 7 heteroatoms. The molecule has 0 saturated heterocycles. The highest BCUT2D eigenvalue weighted by atomic mass is 79.9. The van der Waals surface area contributed by atoms with E-state index in [1.807, 2.05) is 0 Å². The van der Waals surface area contributed by atoms with E-state index < -0.39 is 11.7 Å². The number of phenols is 2. The van der Waals surface area contributed by atoms with Gasteiger partial charge in [0.05, 0.1) is 5.56 Å². The minimum absolute atomic E-state index is 0.0342. The molecule has 2 rings (SSSR count). The largest absolute Gasteiger partial charge is 0.508 e. The van der Waals surface area contributed by atoms with Gasteiger partial charge in [-0.15, -0.1) is 0 Å². The maximum Gasteiger partial charge on any atom is 0.417 e. The summed E-state index contributed by atoms with van der Waals surface area (Å²) in [5.74, 6) is -0.213. The lowest BCUT2D eigenvalue weighted by molar-refractivity contribution is -0.138. The lowest BCUT2D eigenvalue weighted by Crippen LogP contribution is -2.07. The molecule has 0 aromatic heterocycles. The summed E-state index contributed by atoms with van der Waals surface area (Å²) in [5, 5.41) is 21.6. The number of benzene rings is 2. The van der Waals surface area contributed by atoms with Crippen molar-refractivity contribution in [3.8, 4) is 11.5 Å². The number of hydrogen-bond acceptors (Lipinski definition) is 3. The monoisotopic (exact) mass is 361 g/mol. The maximum atomic E-state index is 12.8. The molecule has 0 aliphatic rings. The van der Waals surface area contributed by atoms with Gasteiger partial charge in [-0.1, -0.05) is 15.9 Å². The quantitative estimate of drug-likeness (QED) is 0.754. The zero-order valence-corrected chi connectivity index (χ0v) is 12.2. The van der Waals surface area contributed by atoms with Gasteiger partial charge in [0.25, 0.3) is 0 Å². The molecule has 0 radical (unpaired) electrons. The third kappa shape index (κ3) is 3.81. The summed E-state index contributed by atoms with van der Waals surface area (Å²) in [6.45, 7) is 0.130. The smallest absolute Gasteiger partial charge is 0.417 e. The lowest BCUT2D eigenvalue weighted by atomic mass is 10.1. The molecule has 0 unspecified atom stereocenters. The number of alkyl halides is 3. The minimum atomic E-state index is -4.45. The molecule has 2 aromatic carbocycles. The summed E-state index contributed by atoms with van der Waals surface area (Å²) in [7, 11) is 0. The fourth-order valence-corrected chi connectivity index (χ4v) is 2.22. The predicted octanol–water partition coefficient (Wildman–Crippen LogP) is 4.49. The first-order valence-electron chi connectivity index (χ1n) is 5.89. The molecule has 2 aromatic rings. The molecule has 0 aliphatic carbocycles. The van der Waals surface area contributed by atoms with E-state index in [0.29, 0.717) is 5.56 Å². The number of nitrogens with one attached hydrogen (secondary N) is 1. The Morgan fingerprint density at radius 2 is 1.76 bits per heavy atom. The molecule has 0 bridgehead atoms. The molecule has 0 amide bonds. The summed E-state index contributed by atoms with van der Waals surface area (Å²) in [5.41, 5.74) is -0.0373. The van der Waals surface area contributed by atoms with Crippen LogP contribution in [0.2, 0.25) is 0 Å². The Balaban J connectivity index is 2.17. The van der Waals surface area contributed by atoms with Crippen LogP contribution in [0.3, 0.4) is 0 Å². The standard InChI is InChI=1S/C14H11BrF3NO2/c15-12-4-2-9(5-11(12)14(16,17)18)19-7-8-1-3-10(20)6-13(8)21/h1-6,19-21H,7H2. The zero-order valence-electron chi connectivity index (χ0n) is 10.6. The van der Waals surface area contributed by atoms with E-state index in [4.69, 9.17) is 5.11 Å². The first kappa shape index (κ1) is 15.5. The third-order valence-corrected chi connectivity index (χ3v) is 3.52. The highest BCUT2D eigenvalue weighted by Crippen LogP contribution is 2.36. The van der Waals surface area contributed by atoms with E-state index in [0.717, 1.165) is 6.07 Å². The first-order valence-corrected chi connectivity index (χ1v) is 6.68. The van der Waals surface area contributed by atoms with Crippen molar-refractivity contribution in [3.63, 3.8) is 0 Å². The van der Waals surface area contributed by atoms with Crippen molar-refractivity contribution in [3.05, 3.63) is 52.0 Å². The molecule has 0 saturated carbocycles. The second-order valence-electron chi connectivity index (χ2n) is 4.36. The third-order valence-electron chi connectivity index (χ3n) is 2.82. The van der Waals surface area contributed by atoms with Crippen LogP contribution in [0.4, 0.5) is 18.9 Å². The second-order valence-corrected chi connectivity index (χ2v) is 5.21. The van der Waals surface area contributed by atoms with Crippen LogP contribution in [0.1, 0.15) is 11.1 Å². The number of rotatable bonds is 3. The van der Waals surface area contributed by atoms with Crippen LogP contribution >= 0.6 is 15.9 Å². The van der Waals surface area contributed by atoms with E-state index in [2.05, 4.69) is 21.2 Å². The molecule has 0 heterocycles. The van der Waals surface area contributed by atoms with Gasteiger partial charge < -0.3 is 15.5 Å². The average molecular weight is 362 g/mol. The fraction of sp³-hybridized carbons (Fsp3) is 0.143. The van der Waals surface area contributed by atoms with Crippen molar-refractivity contribution in [2.24, 2.45) is 0 Å². The van der Waals surface area contributed by atoms with E-state index in [1.54, 1.807) is 0 Å². The van der Waals surface area contributed by atoms with Gasteiger partial charge in [-0.3, -0.25) is 0 Å². The summed E-state index contributed by atoms with van der Waals surface area (Å²) >= 11 is 2.87. The number of anilines is 1. The molecular formula is C14H11BrF3NO2. The summed E-state index contributed by atoms with van der Waals surface area (Å²) in [6.07, 6.45) is -4.45. The van der Waals surface area contributed by atoms with E-state index in [1.165, 1.54) is 30.3 Å². The lowest BCUT2D eigenvalue weighted by Gasteiger charge is -2.13. The summed E-state index contributed by atoms with van der Waals surface area (Å²) < 4.78 is 38.3. The van der Waals surface area contributed by atoms with Crippen LogP contribution in [-0.4, -0.2) is 10.2 Å². The van der Waals surface area contributed by atoms with Gasteiger partial charge in [-0.2, -0.15) is 13.2 Å². The molecule has 0 atom stereocenters. The van der Waals surface area contributed by atoms with E-state index in [9.17, 15) is 18.3 Å². The van der Waals surface area contributed by atoms with E-state index in [-0.39, 0.29) is 28.2 Å². The predicted molar refractivity (Wildman–Crippen MR) is 76.2 cm³/mol. The van der Waals surface area contributed by atoms with Gasteiger partial charge in [0.2, 0.25) is 0 Å². The summed E-state index contributed by atoms with van der Waals surface area (Å²) in [6, 6.07) is 7.83. The van der Waals surface area contributed by atoms with Crippen molar-refractivity contribution in [1.29, 1.82) is 0 Å². The Morgan fingerprint density at radius 1 is 1.05 bits per heavy atom.